The molecule has 0 atom stereocenters. The van der Waals surface area contributed by atoms with Crippen molar-refractivity contribution in [3.63, 3.8) is 0 Å². The first-order valence-electron chi connectivity index (χ1n) is 5.52. The molecule has 4 heteroatoms. The number of hydrogen-bond acceptors (Lipinski definition) is 4. The summed E-state index contributed by atoms with van der Waals surface area (Å²) in [7, 11) is 2.76. The van der Waals surface area contributed by atoms with Crippen LogP contribution in [0.3, 0.4) is 0 Å². The topological polar surface area (TPSA) is 52.6 Å². The van der Waals surface area contributed by atoms with Crippen molar-refractivity contribution >= 4 is 11.9 Å². The fourth-order valence-corrected chi connectivity index (χ4v) is 1.23. The minimum Gasteiger partial charge on any atom is -0.469 e. The molecule has 0 fully saturated rings. The summed E-state index contributed by atoms with van der Waals surface area (Å²) in [5.74, 6) is -0.462. The van der Waals surface area contributed by atoms with E-state index in [2.05, 4.69) is 9.47 Å². The molecule has 4 nitrogen and oxygen atoms in total. The van der Waals surface area contributed by atoms with Crippen LogP contribution in [0.1, 0.15) is 38.5 Å². The Morgan fingerprint density at radius 3 is 2.31 bits per heavy atom. The summed E-state index contributed by atoms with van der Waals surface area (Å²) in [5.41, 5.74) is 0. The summed E-state index contributed by atoms with van der Waals surface area (Å²) in [5, 5.41) is 0. The van der Waals surface area contributed by atoms with Crippen LogP contribution in [0.5, 0.6) is 0 Å². The van der Waals surface area contributed by atoms with Crippen molar-refractivity contribution in [1.82, 2.24) is 0 Å². The van der Waals surface area contributed by atoms with Crippen molar-refractivity contribution in [3.8, 4) is 0 Å². The minimum atomic E-state index is -0.314. The number of unbranched alkanes of at least 4 members (excludes halogenated alkanes) is 4. The monoisotopic (exact) mass is 228 g/mol. The first-order valence-corrected chi connectivity index (χ1v) is 5.52. The molecule has 0 bridgehead atoms. The fraction of sp³-hybridized carbons (Fsp3) is 0.667. The third kappa shape index (κ3) is 9.24. The molecule has 0 aromatic heterocycles. The van der Waals surface area contributed by atoms with E-state index in [1.165, 1.54) is 20.3 Å². The second-order valence-corrected chi connectivity index (χ2v) is 3.45. The van der Waals surface area contributed by atoms with Crippen molar-refractivity contribution in [2.75, 3.05) is 14.2 Å². The SMILES string of the molecule is COC(=O)/C=C\CCCCCCC(=O)OC. The highest BCUT2D eigenvalue weighted by Crippen LogP contribution is 2.06. The second-order valence-electron chi connectivity index (χ2n) is 3.45. The standard InChI is InChI=1S/C12H20O4/c1-15-11(13)9-7-5-3-4-6-8-10-12(14)16-2/h7,9H,3-6,8,10H2,1-2H3/b9-7-. The maximum Gasteiger partial charge on any atom is 0.330 e. The Bertz CT molecular complexity index is 233. The van der Waals surface area contributed by atoms with Crippen molar-refractivity contribution in [2.45, 2.75) is 38.5 Å². The molecule has 92 valence electrons. The predicted octanol–water partition coefficient (Wildman–Crippen LogP) is 2.23. The van der Waals surface area contributed by atoms with E-state index in [4.69, 9.17) is 0 Å². The number of methoxy groups -OCH3 is 2. The van der Waals surface area contributed by atoms with Crippen molar-refractivity contribution in [3.05, 3.63) is 12.2 Å². The van der Waals surface area contributed by atoms with Gasteiger partial charge in [0.15, 0.2) is 0 Å². The van der Waals surface area contributed by atoms with E-state index in [0.717, 1.165) is 32.1 Å². The van der Waals surface area contributed by atoms with Crippen LogP contribution in [0.25, 0.3) is 0 Å². The molecule has 0 saturated heterocycles. The number of allylic oxidation sites excluding steroid dienone is 1. The Balaban J connectivity index is 3.24. The Hall–Kier alpha value is -1.32. The summed E-state index contributed by atoms with van der Waals surface area (Å²) >= 11 is 0. The molecule has 0 aromatic rings. The number of rotatable bonds is 8. The largest absolute Gasteiger partial charge is 0.469 e. The first kappa shape index (κ1) is 14.7. The molecule has 0 saturated carbocycles. The molecule has 0 aliphatic rings. The minimum absolute atomic E-state index is 0.148. The van der Waals surface area contributed by atoms with Gasteiger partial charge in [-0.05, 0) is 19.3 Å². The molecule has 0 aliphatic heterocycles. The molecular weight excluding hydrogens is 208 g/mol. The molecule has 0 aromatic carbocycles. The summed E-state index contributed by atoms with van der Waals surface area (Å²) in [4.78, 5) is 21.5. The molecule has 0 rings (SSSR count). The van der Waals surface area contributed by atoms with Crippen LogP contribution in [-0.2, 0) is 19.1 Å². The molecule has 0 heterocycles. The number of hydrogen-bond donors (Lipinski definition) is 0. The number of esters is 2. The van der Waals surface area contributed by atoms with E-state index >= 15 is 0 Å². The molecule has 0 radical (unpaired) electrons. The lowest BCUT2D eigenvalue weighted by atomic mass is 10.1. The zero-order valence-corrected chi connectivity index (χ0v) is 10.0. The molecule has 0 spiro atoms. The van der Waals surface area contributed by atoms with Gasteiger partial charge in [-0.3, -0.25) is 4.79 Å². The Labute approximate surface area is 96.6 Å². The van der Waals surface area contributed by atoms with Gasteiger partial charge in [-0.15, -0.1) is 0 Å². The van der Waals surface area contributed by atoms with Crippen molar-refractivity contribution in [2.24, 2.45) is 0 Å². The molecule has 0 N–H and O–H groups in total. The van der Waals surface area contributed by atoms with E-state index in [-0.39, 0.29) is 11.9 Å². The first-order chi connectivity index (χ1) is 7.70. The number of carbonyl (C=O) groups is 2. The molecular formula is C12H20O4. The van der Waals surface area contributed by atoms with Crippen LogP contribution >= 0.6 is 0 Å². The Morgan fingerprint density at radius 1 is 1.00 bits per heavy atom. The van der Waals surface area contributed by atoms with Crippen LogP contribution in [0, 0.1) is 0 Å². The van der Waals surface area contributed by atoms with Gasteiger partial charge in [-0.1, -0.05) is 18.9 Å². The van der Waals surface area contributed by atoms with Crippen molar-refractivity contribution < 1.29 is 19.1 Å². The smallest absolute Gasteiger partial charge is 0.330 e. The average molecular weight is 228 g/mol. The lowest BCUT2D eigenvalue weighted by Gasteiger charge is -1.99. The van der Waals surface area contributed by atoms with E-state index in [1.54, 1.807) is 0 Å². The van der Waals surface area contributed by atoms with Crippen LogP contribution in [-0.4, -0.2) is 26.2 Å². The number of carbonyl (C=O) groups excluding carboxylic acids is 2. The molecule has 16 heavy (non-hydrogen) atoms. The summed E-state index contributed by atoms with van der Waals surface area (Å²) < 4.78 is 8.99. The summed E-state index contributed by atoms with van der Waals surface area (Å²) in [6.07, 6.45) is 8.58. The van der Waals surface area contributed by atoms with Crippen LogP contribution in [0.15, 0.2) is 12.2 Å². The third-order valence-electron chi connectivity index (χ3n) is 2.18. The average Bonchev–Trinajstić information content (AvgIpc) is 2.31. The Morgan fingerprint density at radius 2 is 1.69 bits per heavy atom. The molecule has 0 aliphatic carbocycles. The Kier molecular flexibility index (Phi) is 9.36. The normalized spacial score (nSPS) is 10.4. The van der Waals surface area contributed by atoms with Gasteiger partial charge in [0, 0.05) is 12.5 Å². The maximum atomic E-state index is 10.8. The predicted molar refractivity (Wildman–Crippen MR) is 60.9 cm³/mol. The fourth-order valence-electron chi connectivity index (χ4n) is 1.23. The third-order valence-corrected chi connectivity index (χ3v) is 2.18. The maximum absolute atomic E-state index is 10.8. The zero-order valence-electron chi connectivity index (χ0n) is 10.0. The highest BCUT2D eigenvalue weighted by molar-refractivity contribution is 5.81. The second kappa shape index (κ2) is 10.2. The van der Waals surface area contributed by atoms with Gasteiger partial charge in [0.05, 0.1) is 14.2 Å². The van der Waals surface area contributed by atoms with Gasteiger partial charge in [0.2, 0.25) is 0 Å². The van der Waals surface area contributed by atoms with Gasteiger partial charge >= 0.3 is 11.9 Å². The zero-order chi connectivity index (χ0) is 12.2. The van der Waals surface area contributed by atoms with Gasteiger partial charge < -0.3 is 9.47 Å². The lowest BCUT2D eigenvalue weighted by Crippen LogP contribution is -1.99. The van der Waals surface area contributed by atoms with Gasteiger partial charge in [0.1, 0.15) is 0 Å². The summed E-state index contributed by atoms with van der Waals surface area (Å²) in [6.45, 7) is 0. The molecule has 0 unspecified atom stereocenters. The van der Waals surface area contributed by atoms with E-state index in [1.807, 2.05) is 6.08 Å². The van der Waals surface area contributed by atoms with Crippen LogP contribution < -0.4 is 0 Å². The number of ether oxygens (including phenoxy) is 2. The van der Waals surface area contributed by atoms with Gasteiger partial charge in [0.25, 0.3) is 0 Å². The summed E-state index contributed by atoms with van der Waals surface area (Å²) in [6, 6.07) is 0. The van der Waals surface area contributed by atoms with E-state index in [9.17, 15) is 9.59 Å². The highest BCUT2D eigenvalue weighted by Gasteiger charge is 1.98. The van der Waals surface area contributed by atoms with Gasteiger partial charge in [-0.2, -0.15) is 0 Å². The lowest BCUT2D eigenvalue weighted by molar-refractivity contribution is -0.140. The van der Waals surface area contributed by atoms with Crippen LogP contribution in [0.2, 0.25) is 0 Å². The molecule has 0 amide bonds. The van der Waals surface area contributed by atoms with Crippen LogP contribution in [0.4, 0.5) is 0 Å². The van der Waals surface area contributed by atoms with Gasteiger partial charge in [-0.25, -0.2) is 4.79 Å². The quantitative estimate of drug-likeness (QED) is 0.363. The van der Waals surface area contributed by atoms with Crippen molar-refractivity contribution in [1.29, 1.82) is 0 Å². The van der Waals surface area contributed by atoms with E-state index in [0.29, 0.717) is 6.42 Å². The van der Waals surface area contributed by atoms with E-state index < -0.39 is 0 Å². The highest BCUT2D eigenvalue weighted by atomic mass is 16.5.